The quantitative estimate of drug-likeness (QED) is 0.834. The predicted molar refractivity (Wildman–Crippen MR) is 92.3 cm³/mol. The minimum Gasteiger partial charge on any atom is -0.347 e. The van der Waals surface area contributed by atoms with E-state index in [0.717, 1.165) is 12.0 Å². The minimum absolute atomic E-state index is 0.150. The van der Waals surface area contributed by atoms with Crippen molar-refractivity contribution in [1.82, 2.24) is 5.32 Å². The van der Waals surface area contributed by atoms with Crippen LogP contribution in [0.4, 0.5) is 5.69 Å². The smallest absolute Gasteiger partial charge is 0.313 e. The largest absolute Gasteiger partial charge is 0.347 e. The van der Waals surface area contributed by atoms with Crippen LogP contribution in [0.25, 0.3) is 0 Å². The lowest BCUT2D eigenvalue weighted by molar-refractivity contribution is -0.136. The van der Waals surface area contributed by atoms with Gasteiger partial charge in [-0.05, 0) is 35.6 Å². The van der Waals surface area contributed by atoms with Crippen LogP contribution in [0, 0.1) is 0 Å². The van der Waals surface area contributed by atoms with Crippen molar-refractivity contribution >= 4 is 17.5 Å². The van der Waals surface area contributed by atoms with Gasteiger partial charge in [0.25, 0.3) is 0 Å². The summed E-state index contributed by atoms with van der Waals surface area (Å²) in [4.78, 5) is 23.8. The van der Waals surface area contributed by atoms with Crippen molar-refractivity contribution in [3.63, 3.8) is 0 Å². The molecule has 0 radical (unpaired) electrons. The molecule has 0 aliphatic heterocycles. The fraction of sp³-hybridized carbons (Fsp3) is 0.263. The van der Waals surface area contributed by atoms with Crippen molar-refractivity contribution in [2.75, 3.05) is 11.9 Å². The first kappa shape index (κ1) is 16.7. The van der Waals surface area contributed by atoms with Crippen LogP contribution in [0.3, 0.4) is 0 Å². The number of aryl methyl sites for hydroxylation is 1. The molecule has 2 N–H and O–H groups in total. The Bertz CT molecular complexity index is 651. The van der Waals surface area contributed by atoms with Gasteiger partial charge in [0.15, 0.2) is 0 Å². The van der Waals surface area contributed by atoms with Crippen LogP contribution in [-0.2, 0) is 16.0 Å². The molecule has 0 spiro atoms. The molecular formula is C19H22N2O2. The van der Waals surface area contributed by atoms with Gasteiger partial charge in [-0.1, -0.05) is 56.3 Å². The number of hydrogen-bond donors (Lipinski definition) is 2. The topological polar surface area (TPSA) is 58.2 Å². The number of rotatable bonds is 5. The van der Waals surface area contributed by atoms with Crippen LogP contribution in [0.5, 0.6) is 0 Å². The van der Waals surface area contributed by atoms with Crippen LogP contribution in [0.2, 0.25) is 0 Å². The molecule has 2 amide bonds. The molecule has 4 nitrogen and oxygen atoms in total. The molecule has 2 aromatic carbocycles. The molecule has 4 heteroatoms. The number of anilines is 1. The maximum Gasteiger partial charge on any atom is 0.313 e. The maximum atomic E-state index is 11.9. The zero-order valence-electron chi connectivity index (χ0n) is 13.5. The molecule has 0 heterocycles. The van der Waals surface area contributed by atoms with E-state index in [9.17, 15) is 9.59 Å². The summed E-state index contributed by atoms with van der Waals surface area (Å²) in [5.74, 6) is -1.11. The minimum atomic E-state index is -0.644. The lowest BCUT2D eigenvalue weighted by Crippen LogP contribution is -2.37. The Hall–Kier alpha value is -2.62. The van der Waals surface area contributed by atoms with Crippen molar-refractivity contribution in [2.24, 2.45) is 0 Å². The summed E-state index contributed by atoms with van der Waals surface area (Å²) in [6.07, 6.45) is 0.937. The number of carbonyl (C=O) groups is 2. The van der Waals surface area contributed by atoms with Gasteiger partial charge in [0, 0.05) is 12.2 Å². The molecule has 0 bridgehead atoms. The Labute approximate surface area is 136 Å². The van der Waals surface area contributed by atoms with Gasteiger partial charge in [-0.25, -0.2) is 0 Å². The van der Waals surface area contributed by atoms with E-state index in [2.05, 4.69) is 17.6 Å². The lowest BCUT2D eigenvalue weighted by Gasteiger charge is -2.13. The molecular weight excluding hydrogens is 288 g/mol. The van der Waals surface area contributed by atoms with E-state index in [1.54, 1.807) is 12.1 Å². The molecule has 23 heavy (non-hydrogen) atoms. The van der Waals surface area contributed by atoms with Gasteiger partial charge in [0.2, 0.25) is 0 Å². The summed E-state index contributed by atoms with van der Waals surface area (Å²) in [7, 11) is 0. The molecule has 0 aliphatic rings. The molecule has 2 rings (SSSR count). The first-order valence-electron chi connectivity index (χ1n) is 7.83. The van der Waals surface area contributed by atoms with Crippen LogP contribution < -0.4 is 10.6 Å². The number of hydrogen-bond acceptors (Lipinski definition) is 2. The zero-order chi connectivity index (χ0) is 16.7. The Balaban J connectivity index is 1.83. The standard InChI is InChI=1S/C19H22N2O2/c1-3-15-9-11-17(12-10-15)21-19(23)18(22)20-13-14(2)16-7-5-4-6-8-16/h4-12,14H,3,13H2,1-2H3,(H,20,22)(H,21,23). The van der Waals surface area contributed by atoms with Crippen molar-refractivity contribution < 1.29 is 9.59 Å². The molecule has 2 aromatic rings. The normalized spacial score (nSPS) is 11.6. The lowest BCUT2D eigenvalue weighted by atomic mass is 10.0. The van der Waals surface area contributed by atoms with Crippen LogP contribution in [0.15, 0.2) is 54.6 Å². The van der Waals surface area contributed by atoms with E-state index in [0.29, 0.717) is 12.2 Å². The molecule has 1 atom stereocenters. The Kier molecular flexibility index (Phi) is 5.92. The second kappa shape index (κ2) is 8.13. The summed E-state index contributed by atoms with van der Waals surface area (Å²) in [5.41, 5.74) is 2.94. The molecule has 0 aromatic heterocycles. The third kappa shape index (κ3) is 4.95. The molecule has 0 fully saturated rings. The Morgan fingerprint density at radius 1 is 0.957 bits per heavy atom. The summed E-state index contributed by atoms with van der Waals surface area (Å²) in [5, 5.41) is 5.28. The number of nitrogens with one attached hydrogen (secondary N) is 2. The summed E-state index contributed by atoms with van der Waals surface area (Å²) < 4.78 is 0. The SMILES string of the molecule is CCc1ccc(NC(=O)C(=O)NCC(C)c2ccccc2)cc1. The molecule has 0 saturated carbocycles. The number of benzene rings is 2. The maximum absolute atomic E-state index is 11.9. The molecule has 0 saturated heterocycles. The van der Waals surface area contributed by atoms with Gasteiger partial charge in [0.05, 0.1) is 0 Å². The van der Waals surface area contributed by atoms with Gasteiger partial charge in [-0.2, -0.15) is 0 Å². The molecule has 1 unspecified atom stereocenters. The average molecular weight is 310 g/mol. The Morgan fingerprint density at radius 2 is 1.61 bits per heavy atom. The zero-order valence-corrected chi connectivity index (χ0v) is 13.5. The van der Waals surface area contributed by atoms with E-state index in [4.69, 9.17) is 0 Å². The van der Waals surface area contributed by atoms with Gasteiger partial charge in [0.1, 0.15) is 0 Å². The predicted octanol–water partition coefficient (Wildman–Crippen LogP) is 3.11. The van der Waals surface area contributed by atoms with E-state index < -0.39 is 11.8 Å². The van der Waals surface area contributed by atoms with Gasteiger partial charge >= 0.3 is 11.8 Å². The fourth-order valence-electron chi connectivity index (χ4n) is 2.24. The second-order valence-electron chi connectivity index (χ2n) is 5.53. The van der Waals surface area contributed by atoms with E-state index in [1.807, 2.05) is 49.4 Å². The highest BCUT2D eigenvalue weighted by Gasteiger charge is 2.15. The molecule has 0 aliphatic carbocycles. The summed E-state index contributed by atoms with van der Waals surface area (Å²) in [6, 6.07) is 17.4. The highest BCUT2D eigenvalue weighted by Crippen LogP contribution is 2.13. The second-order valence-corrected chi connectivity index (χ2v) is 5.53. The third-order valence-corrected chi connectivity index (χ3v) is 3.76. The van der Waals surface area contributed by atoms with Crippen molar-refractivity contribution in [3.05, 3.63) is 65.7 Å². The first-order chi connectivity index (χ1) is 11.1. The highest BCUT2D eigenvalue weighted by atomic mass is 16.2. The third-order valence-electron chi connectivity index (χ3n) is 3.76. The van der Waals surface area contributed by atoms with Gasteiger partial charge in [-0.15, -0.1) is 0 Å². The first-order valence-corrected chi connectivity index (χ1v) is 7.83. The van der Waals surface area contributed by atoms with E-state index in [1.165, 1.54) is 5.56 Å². The highest BCUT2D eigenvalue weighted by molar-refractivity contribution is 6.39. The monoisotopic (exact) mass is 310 g/mol. The molecule has 120 valence electrons. The van der Waals surface area contributed by atoms with Crippen LogP contribution >= 0.6 is 0 Å². The van der Waals surface area contributed by atoms with Crippen molar-refractivity contribution in [3.8, 4) is 0 Å². The van der Waals surface area contributed by atoms with Gasteiger partial charge < -0.3 is 10.6 Å². The van der Waals surface area contributed by atoms with Crippen LogP contribution in [-0.4, -0.2) is 18.4 Å². The number of amides is 2. The summed E-state index contributed by atoms with van der Waals surface area (Å²) >= 11 is 0. The van der Waals surface area contributed by atoms with E-state index in [-0.39, 0.29) is 5.92 Å². The van der Waals surface area contributed by atoms with Crippen molar-refractivity contribution in [1.29, 1.82) is 0 Å². The van der Waals surface area contributed by atoms with Crippen molar-refractivity contribution in [2.45, 2.75) is 26.2 Å². The summed E-state index contributed by atoms with van der Waals surface area (Å²) in [6.45, 7) is 4.50. The number of carbonyl (C=O) groups excluding carboxylic acids is 2. The van der Waals surface area contributed by atoms with Crippen LogP contribution in [0.1, 0.15) is 30.9 Å². The van der Waals surface area contributed by atoms with Gasteiger partial charge in [-0.3, -0.25) is 9.59 Å². The fourth-order valence-corrected chi connectivity index (χ4v) is 2.24. The average Bonchev–Trinajstić information content (AvgIpc) is 2.60. The Morgan fingerprint density at radius 3 is 2.22 bits per heavy atom. The van der Waals surface area contributed by atoms with E-state index >= 15 is 0 Å².